The lowest BCUT2D eigenvalue weighted by Gasteiger charge is -2.02. The molecule has 3 aromatic rings. The fourth-order valence-electron chi connectivity index (χ4n) is 1.84. The second kappa shape index (κ2) is 4.49. The molecular formula is C13H9BrFN3. The van der Waals surface area contributed by atoms with Crippen molar-refractivity contribution in [1.29, 1.82) is 0 Å². The van der Waals surface area contributed by atoms with Gasteiger partial charge >= 0.3 is 0 Å². The summed E-state index contributed by atoms with van der Waals surface area (Å²) in [6.07, 6.45) is 2.30. The number of hydrogen-bond acceptors (Lipinski definition) is 2. The average Bonchev–Trinajstić information content (AvgIpc) is 2.75. The van der Waals surface area contributed by atoms with Crippen molar-refractivity contribution < 1.29 is 4.39 Å². The Morgan fingerprint density at radius 3 is 2.78 bits per heavy atom. The van der Waals surface area contributed by atoms with E-state index in [1.807, 2.05) is 28.8 Å². The molecule has 5 heteroatoms. The zero-order chi connectivity index (χ0) is 12.5. The topological polar surface area (TPSA) is 30.2 Å². The third kappa shape index (κ3) is 2.01. The van der Waals surface area contributed by atoms with Crippen LogP contribution in [0.3, 0.4) is 0 Å². The molecule has 3 rings (SSSR count). The van der Waals surface area contributed by atoms with Crippen LogP contribution in [-0.2, 0) is 6.42 Å². The monoisotopic (exact) mass is 305 g/mol. The van der Waals surface area contributed by atoms with Crippen molar-refractivity contribution in [2.75, 3.05) is 0 Å². The largest absolute Gasteiger partial charge is 0.285 e. The van der Waals surface area contributed by atoms with Gasteiger partial charge in [0.15, 0.2) is 5.65 Å². The number of halogens is 2. The highest BCUT2D eigenvalue weighted by molar-refractivity contribution is 9.10. The van der Waals surface area contributed by atoms with Crippen molar-refractivity contribution in [2.24, 2.45) is 0 Å². The summed E-state index contributed by atoms with van der Waals surface area (Å²) >= 11 is 3.40. The van der Waals surface area contributed by atoms with Crippen LogP contribution in [0.15, 0.2) is 47.1 Å². The number of benzene rings is 1. The van der Waals surface area contributed by atoms with E-state index in [2.05, 4.69) is 26.1 Å². The van der Waals surface area contributed by atoms with Crippen LogP contribution in [0.1, 0.15) is 11.4 Å². The molecule has 2 heterocycles. The number of rotatable bonds is 2. The SMILES string of the molecule is Fc1ccccc1Cc1nnc2ccc(Br)cn12. The molecule has 0 atom stereocenters. The minimum Gasteiger partial charge on any atom is -0.285 e. The van der Waals surface area contributed by atoms with Gasteiger partial charge in [0.25, 0.3) is 0 Å². The Morgan fingerprint density at radius 2 is 1.94 bits per heavy atom. The number of nitrogens with zero attached hydrogens (tertiary/aromatic N) is 3. The molecule has 3 nitrogen and oxygen atoms in total. The van der Waals surface area contributed by atoms with Crippen molar-refractivity contribution in [3.05, 3.63) is 64.3 Å². The van der Waals surface area contributed by atoms with Gasteiger partial charge in [0.05, 0.1) is 0 Å². The summed E-state index contributed by atoms with van der Waals surface area (Å²) < 4.78 is 16.4. The van der Waals surface area contributed by atoms with E-state index >= 15 is 0 Å². The van der Waals surface area contributed by atoms with E-state index in [0.29, 0.717) is 12.0 Å². The molecule has 0 unspecified atom stereocenters. The van der Waals surface area contributed by atoms with Crippen LogP contribution in [0.25, 0.3) is 5.65 Å². The van der Waals surface area contributed by atoms with Crippen LogP contribution < -0.4 is 0 Å². The van der Waals surface area contributed by atoms with Crippen molar-refractivity contribution in [1.82, 2.24) is 14.6 Å². The Balaban J connectivity index is 2.05. The Kier molecular flexibility index (Phi) is 2.83. The van der Waals surface area contributed by atoms with Gasteiger partial charge in [0.1, 0.15) is 11.6 Å². The summed E-state index contributed by atoms with van der Waals surface area (Å²) in [5.74, 6) is 0.501. The van der Waals surface area contributed by atoms with Gasteiger partial charge in [-0.05, 0) is 39.7 Å². The molecule has 0 radical (unpaired) electrons. The number of hydrogen-bond donors (Lipinski definition) is 0. The van der Waals surface area contributed by atoms with Crippen LogP contribution in [0, 0.1) is 5.82 Å². The first-order chi connectivity index (χ1) is 8.74. The van der Waals surface area contributed by atoms with Gasteiger partial charge in [-0.15, -0.1) is 10.2 Å². The van der Waals surface area contributed by atoms with Gasteiger partial charge in [0.2, 0.25) is 0 Å². The molecule has 1 aromatic carbocycles. The van der Waals surface area contributed by atoms with Gasteiger partial charge in [-0.3, -0.25) is 4.40 Å². The highest BCUT2D eigenvalue weighted by atomic mass is 79.9. The van der Waals surface area contributed by atoms with Crippen LogP contribution in [0.2, 0.25) is 0 Å². The number of fused-ring (bicyclic) bond motifs is 1. The Labute approximate surface area is 111 Å². The van der Waals surface area contributed by atoms with Crippen molar-refractivity contribution in [2.45, 2.75) is 6.42 Å². The van der Waals surface area contributed by atoms with Gasteiger partial charge in [-0.2, -0.15) is 0 Å². The Hall–Kier alpha value is -1.75. The molecule has 0 amide bonds. The lowest BCUT2D eigenvalue weighted by Crippen LogP contribution is -1.98. The van der Waals surface area contributed by atoms with E-state index < -0.39 is 0 Å². The van der Waals surface area contributed by atoms with Crippen LogP contribution in [0.5, 0.6) is 0 Å². The molecule has 0 saturated carbocycles. The molecule has 0 saturated heterocycles. The zero-order valence-corrected chi connectivity index (χ0v) is 10.9. The summed E-state index contributed by atoms with van der Waals surface area (Å²) in [6, 6.07) is 10.5. The second-order valence-corrected chi connectivity index (χ2v) is 4.88. The van der Waals surface area contributed by atoms with Gasteiger partial charge < -0.3 is 0 Å². The van der Waals surface area contributed by atoms with E-state index in [0.717, 1.165) is 15.9 Å². The minimum absolute atomic E-state index is 0.218. The summed E-state index contributed by atoms with van der Waals surface area (Å²) in [5, 5.41) is 8.15. The fourth-order valence-corrected chi connectivity index (χ4v) is 2.18. The molecule has 18 heavy (non-hydrogen) atoms. The van der Waals surface area contributed by atoms with E-state index in [-0.39, 0.29) is 5.82 Å². The molecule has 0 aliphatic rings. The molecule has 0 spiro atoms. The summed E-state index contributed by atoms with van der Waals surface area (Å²) in [4.78, 5) is 0. The van der Waals surface area contributed by atoms with E-state index in [9.17, 15) is 4.39 Å². The fraction of sp³-hybridized carbons (Fsp3) is 0.0769. The first-order valence-corrected chi connectivity index (χ1v) is 6.26. The maximum Gasteiger partial charge on any atom is 0.160 e. The summed E-state index contributed by atoms with van der Waals surface area (Å²) in [7, 11) is 0. The molecule has 0 aliphatic heterocycles. The molecule has 0 fully saturated rings. The third-order valence-corrected chi connectivity index (χ3v) is 3.21. The predicted octanol–water partition coefficient (Wildman–Crippen LogP) is 3.22. The van der Waals surface area contributed by atoms with Crippen LogP contribution in [0.4, 0.5) is 4.39 Å². The lowest BCUT2D eigenvalue weighted by molar-refractivity contribution is 0.611. The normalized spacial score (nSPS) is 11.0. The second-order valence-electron chi connectivity index (χ2n) is 3.96. The highest BCUT2D eigenvalue weighted by Gasteiger charge is 2.09. The van der Waals surface area contributed by atoms with Crippen LogP contribution >= 0.6 is 15.9 Å². The van der Waals surface area contributed by atoms with E-state index in [4.69, 9.17) is 0 Å². The van der Waals surface area contributed by atoms with E-state index in [1.54, 1.807) is 12.1 Å². The maximum atomic E-state index is 13.6. The Morgan fingerprint density at radius 1 is 1.11 bits per heavy atom. The molecule has 0 N–H and O–H groups in total. The predicted molar refractivity (Wildman–Crippen MR) is 69.9 cm³/mol. The molecular weight excluding hydrogens is 297 g/mol. The van der Waals surface area contributed by atoms with Crippen molar-refractivity contribution in [3.63, 3.8) is 0 Å². The molecule has 90 valence electrons. The van der Waals surface area contributed by atoms with Gasteiger partial charge in [0, 0.05) is 17.1 Å². The van der Waals surface area contributed by atoms with Crippen molar-refractivity contribution >= 4 is 21.6 Å². The maximum absolute atomic E-state index is 13.6. The van der Waals surface area contributed by atoms with Crippen LogP contribution in [-0.4, -0.2) is 14.6 Å². The van der Waals surface area contributed by atoms with Gasteiger partial charge in [-0.1, -0.05) is 18.2 Å². The zero-order valence-electron chi connectivity index (χ0n) is 9.35. The third-order valence-electron chi connectivity index (χ3n) is 2.74. The summed E-state index contributed by atoms with van der Waals surface area (Å²) in [5.41, 5.74) is 1.37. The minimum atomic E-state index is -0.218. The first kappa shape index (κ1) is 11.3. The number of pyridine rings is 1. The smallest absolute Gasteiger partial charge is 0.160 e. The van der Waals surface area contributed by atoms with Crippen molar-refractivity contribution in [3.8, 4) is 0 Å². The van der Waals surface area contributed by atoms with E-state index in [1.165, 1.54) is 6.07 Å². The molecule has 2 aromatic heterocycles. The van der Waals surface area contributed by atoms with Gasteiger partial charge in [-0.25, -0.2) is 4.39 Å². The molecule has 0 bridgehead atoms. The average molecular weight is 306 g/mol. The standard InChI is InChI=1S/C13H9BrFN3/c14-10-5-6-12-16-17-13(18(12)8-10)7-9-3-1-2-4-11(9)15/h1-6,8H,7H2. The highest BCUT2D eigenvalue weighted by Crippen LogP contribution is 2.15. The quantitative estimate of drug-likeness (QED) is 0.727. The Bertz CT molecular complexity index is 708. The number of aromatic nitrogens is 3. The lowest BCUT2D eigenvalue weighted by atomic mass is 10.1. The molecule has 0 aliphatic carbocycles. The first-order valence-electron chi connectivity index (χ1n) is 5.46. The summed E-state index contributed by atoms with van der Waals surface area (Å²) in [6.45, 7) is 0.